The standard InChI is InChI=1S/C11H15NO2/c1-7-3-12-4-9(7)11(13)10-6-14-5-8(10)2/h5-7,9,12H,3-4H2,1-2H3. The summed E-state index contributed by atoms with van der Waals surface area (Å²) in [7, 11) is 0. The SMILES string of the molecule is Cc1cocc1C(=O)C1CNCC1C. The van der Waals surface area contributed by atoms with Crippen molar-refractivity contribution in [2.24, 2.45) is 11.8 Å². The molecule has 3 nitrogen and oxygen atoms in total. The molecule has 1 saturated heterocycles. The molecule has 0 bridgehead atoms. The molecule has 0 amide bonds. The highest BCUT2D eigenvalue weighted by molar-refractivity contribution is 5.99. The lowest BCUT2D eigenvalue weighted by Crippen LogP contribution is -2.21. The fraction of sp³-hybridized carbons (Fsp3) is 0.545. The maximum absolute atomic E-state index is 12.0. The predicted octanol–water partition coefficient (Wildman–Crippen LogP) is 1.63. The Hall–Kier alpha value is -1.09. The van der Waals surface area contributed by atoms with Crippen LogP contribution in [0.15, 0.2) is 16.9 Å². The Labute approximate surface area is 83.5 Å². The van der Waals surface area contributed by atoms with Crippen molar-refractivity contribution >= 4 is 5.78 Å². The van der Waals surface area contributed by atoms with Crippen molar-refractivity contribution in [3.05, 3.63) is 23.7 Å². The van der Waals surface area contributed by atoms with Crippen LogP contribution >= 0.6 is 0 Å². The van der Waals surface area contributed by atoms with Gasteiger partial charge in [-0.25, -0.2) is 0 Å². The van der Waals surface area contributed by atoms with E-state index >= 15 is 0 Å². The zero-order valence-electron chi connectivity index (χ0n) is 8.54. The quantitative estimate of drug-likeness (QED) is 0.726. The summed E-state index contributed by atoms with van der Waals surface area (Å²) in [6.45, 7) is 5.75. The van der Waals surface area contributed by atoms with E-state index < -0.39 is 0 Å². The molecule has 1 aromatic heterocycles. The van der Waals surface area contributed by atoms with Crippen molar-refractivity contribution in [3.63, 3.8) is 0 Å². The highest BCUT2D eigenvalue weighted by Crippen LogP contribution is 2.22. The number of furan rings is 1. The summed E-state index contributed by atoms with van der Waals surface area (Å²) in [6, 6.07) is 0. The summed E-state index contributed by atoms with van der Waals surface area (Å²) >= 11 is 0. The Morgan fingerprint density at radius 3 is 2.79 bits per heavy atom. The minimum atomic E-state index is 0.117. The molecule has 2 heterocycles. The van der Waals surface area contributed by atoms with E-state index in [0.29, 0.717) is 5.92 Å². The summed E-state index contributed by atoms with van der Waals surface area (Å²) in [5.74, 6) is 0.761. The first-order valence-electron chi connectivity index (χ1n) is 4.98. The average Bonchev–Trinajstić information content (AvgIpc) is 2.73. The fourth-order valence-electron chi connectivity index (χ4n) is 1.97. The van der Waals surface area contributed by atoms with Gasteiger partial charge >= 0.3 is 0 Å². The van der Waals surface area contributed by atoms with Crippen molar-refractivity contribution in [3.8, 4) is 0 Å². The van der Waals surface area contributed by atoms with Gasteiger partial charge in [-0.1, -0.05) is 6.92 Å². The van der Waals surface area contributed by atoms with Gasteiger partial charge in [0, 0.05) is 12.5 Å². The largest absolute Gasteiger partial charge is 0.472 e. The normalized spacial score (nSPS) is 26.7. The number of carbonyl (C=O) groups excluding carboxylic acids is 1. The molecular formula is C11H15NO2. The minimum Gasteiger partial charge on any atom is -0.472 e. The van der Waals surface area contributed by atoms with Gasteiger partial charge in [-0.15, -0.1) is 0 Å². The van der Waals surface area contributed by atoms with Crippen LogP contribution in [0.2, 0.25) is 0 Å². The van der Waals surface area contributed by atoms with Crippen LogP contribution in [0.5, 0.6) is 0 Å². The van der Waals surface area contributed by atoms with Gasteiger partial charge < -0.3 is 9.73 Å². The van der Waals surface area contributed by atoms with Crippen LogP contribution in [-0.2, 0) is 0 Å². The van der Waals surface area contributed by atoms with E-state index in [9.17, 15) is 4.79 Å². The first-order valence-corrected chi connectivity index (χ1v) is 4.98. The Morgan fingerprint density at radius 1 is 1.50 bits per heavy atom. The lowest BCUT2D eigenvalue weighted by molar-refractivity contribution is 0.0906. The molecule has 3 heteroatoms. The molecular weight excluding hydrogens is 178 g/mol. The van der Waals surface area contributed by atoms with Crippen LogP contribution < -0.4 is 5.32 Å². The van der Waals surface area contributed by atoms with Gasteiger partial charge in [0.25, 0.3) is 0 Å². The molecule has 2 rings (SSSR count). The number of hydrogen-bond acceptors (Lipinski definition) is 3. The van der Waals surface area contributed by atoms with Crippen molar-refractivity contribution in [2.75, 3.05) is 13.1 Å². The topological polar surface area (TPSA) is 42.2 Å². The van der Waals surface area contributed by atoms with Gasteiger partial charge in [-0.05, 0) is 24.9 Å². The molecule has 76 valence electrons. The molecule has 1 aromatic rings. The van der Waals surface area contributed by atoms with Crippen LogP contribution in [0.25, 0.3) is 0 Å². The van der Waals surface area contributed by atoms with Gasteiger partial charge in [-0.2, -0.15) is 0 Å². The second kappa shape index (κ2) is 3.58. The Balaban J connectivity index is 2.20. The van der Waals surface area contributed by atoms with Crippen LogP contribution in [0, 0.1) is 18.8 Å². The van der Waals surface area contributed by atoms with E-state index in [2.05, 4.69) is 12.2 Å². The molecule has 2 atom stereocenters. The minimum absolute atomic E-state index is 0.117. The zero-order valence-corrected chi connectivity index (χ0v) is 8.54. The van der Waals surface area contributed by atoms with Crippen LogP contribution in [0.4, 0.5) is 0 Å². The zero-order chi connectivity index (χ0) is 10.1. The summed E-state index contributed by atoms with van der Waals surface area (Å²) in [5.41, 5.74) is 1.68. The highest BCUT2D eigenvalue weighted by atomic mass is 16.3. The lowest BCUT2D eigenvalue weighted by Gasteiger charge is -2.11. The van der Waals surface area contributed by atoms with Crippen molar-refractivity contribution < 1.29 is 9.21 Å². The van der Waals surface area contributed by atoms with Crippen LogP contribution in [-0.4, -0.2) is 18.9 Å². The first-order chi connectivity index (χ1) is 6.70. The molecule has 0 aromatic carbocycles. The van der Waals surface area contributed by atoms with E-state index in [1.165, 1.54) is 0 Å². The van der Waals surface area contributed by atoms with E-state index in [-0.39, 0.29) is 11.7 Å². The molecule has 1 aliphatic rings. The second-order valence-electron chi connectivity index (χ2n) is 4.07. The van der Waals surface area contributed by atoms with Gasteiger partial charge in [-0.3, -0.25) is 4.79 Å². The van der Waals surface area contributed by atoms with E-state index in [4.69, 9.17) is 4.42 Å². The van der Waals surface area contributed by atoms with E-state index in [1.54, 1.807) is 12.5 Å². The second-order valence-corrected chi connectivity index (χ2v) is 4.07. The van der Waals surface area contributed by atoms with Crippen LogP contribution in [0.3, 0.4) is 0 Å². The molecule has 0 spiro atoms. The van der Waals surface area contributed by atoms with Crippen molar-refractivity contribution in [1.29, 1.82) is 0 Å². The fourth-order valence-corrected chi connectivity index (χ4v) is 1.97. The predicted molar refractivity (Wildman–Crippen MR) is 53.3 cm³/mol. The third-order valence-electron chi connectivity index (χ3n) is 2.98. The number of ketones is 1. The summed E-state index contributed by atoms with van der Waals surface area (Å²) in [4.78, 5) is 12.0. The molecule has 14 heavy (non-hydrogen) atoms. The smallest absolute Gasteiger partial charge is 0.171 e. The molecule has 0 saturated carbocycles. The van der Waals surface area contributed by atoms with Gasteiger partial charge in [0.15, 0.2) is 5.78 Å². The molecule has 1 fully saturated rings. The summed E-state index contributed by atoms with van der Waals surface area (Å²) in [5, 5.41) is 3.23. The van der Waals surface area contributed by atoms with Gasteiger partial charge in [0.05, 0.1) is 11.8 Å². The third kappa shape index (κ3) is 1.48. The van der Waals surface area contributed by atoms with E-state index in [0.717, 1.165) is 24.2 Å². The third-order valence-corrected chi connectivity index (χ3v) is 2.98. The Bertz CT molecular complexity index is 343. The van der Waals surface area contributed by atoms with Gasteiger partial charge in [0.1, 0.15) is 6.26 Å². The maximum atomic E-state index is 12.0. The summed E-state index contributed by atoms with van der Waals surface area (Å²) < 4.78 is 5.02. The monoisotopic (exact) mass is 193 g/mol. The molecule has 0 radical (unpaired) electrons. The van der Waals surface area contributed by atoms with Crippen molar-refractivity contribution in [2.45, 2.75) is 13.8 Å². The molecule has 0 aliphatic carbocycles. The van der Waals surface area contributed by atoms with Crippen molar-refractivity contribution in [1.82, 2.24) is 5.32 Å². The molecule has 1 N–H and O–H groups in total. The number of hydrogen-bond donors (Lipinski definition) is 1. The Kier molecular flexibility index (Phi) is 2.42. The number of nitrogens with one attached hydrogen (secondary N) is 1. The van der Waals surface area contributed by atoms with Crippen LogP contribution in [0.1, 0.15) is 22.8 Å². The molecule has 1 aliphatic heterocycles. The Morgan fingerprint density at radius 2 is 2.29 bits per heavy atom. The average molecular weight is 193 g/mol. The lowest BCUT2D eigenvalue weighted by atomic mass is 9.89. The van der Waals surface area contributed by atoms with Gasteiger partial charge in [0.2, 0.25) is 0 Å². The molecule has 2 unspecified atom stereocenters. The maximum Gasteiger partial charge on any atom is 0.171 e. The number of rotatable bonds is 2. The summed E-state index contributed by atoms with van der Waals surface area (Å²) in [6.07, 6.45) is 3.18. The van der Waals surface area contributed by atoms with E-state index in [1.807, 2.05) is 6.92 Å². The number of carbonyl (C=O) groups is 1. The number of aryl methyl sites for hydroxylation is 1. The highest BCUT2D eigenvalue weighted by Gasteiger charge is 2.31. The first kappa shape index (κ1) is 9.46. The number of Topliss-reactive ketones (excluding diaryl/α,β-unsaturated/α-hetero) is 1.